The monoisotopic (exact) mass is 299 g/mol. The van der Waals surface area contributed by atoms with Crippen LogP contribution in [0.5, 0.6) is 0 Å². The van der Waals surface area contributed by atoms with E-state index in [-0.39, 0.29) is 19.4 Å². The molecule has 6 heteroatoms. The molecule has 1 unspecified atom stereocenters. The maximum atomic E-state index is 13.8. The Morgan fingerprint density at radius 3 is 2.67 bits per heavy atom. The molecule has 1 aromatic rings. The highest BCUT2D eigenvalue weighted by molar-refractivity contribution is 5.85. The van der Waals surface area contributed by atoms with Crippen molar-refractivity contribution >= 4 is 5.91 Å². The zero-order valence-electron chi connectivity index (χ0n) is 11.8. The van der Waals surface area contributed by atoms with Crippen molar-refractivity contribution in [2.24, 2.45) is 0 Å². The number of hydrogen-bond donors (Lipinski definition) is 3. The van der Waals surface area contributed by atoms with Crippen LogP contribution in [0.15, 0.2) is 24.3 Å². The van der Waals surface area contributed by atoms with Crippen molar-refractivity contribution < 1.29 is 23.8 Å². The van der Waals surface area contributed by atoms with Gasteiger partial charge in [-0.2, -0.15) is 8.78 Å². The van der Waals surface area contributed by atoms with Crippen LogP contribution in [-0.2, 0) is 4.79 Å². The Morgan fingerprint density at radius 2 is 2.14 bits per heavy atom. The maximum Gasteiger partial charge on any atom is 0.352 e. The molecule has 0 heterocycles. The van der Waals surface area contributed by atoms with E-state index in [1.54, 1.807) is 18.2 Å². The largest absolute Gasteiger partial charge is 0.387 e. The number of aryl methyl sites for hydroxylation is 1. The van der Waals surface area contributed by atoms with Gasteiger partial charge in [0.05, 0.1) is 6.10 Å². The van der Waals surface area contributed by atoms with Gasteiger partial charge in [0.2, 0.25) is 0 Å². The van der Waals surface area contributed by atoms with E-state index in [9.17, 15) is 23.8 Å². The number of hydrogen-bond acceptors (Lipinski definition) is 3. The van der Waals surface area contributed by atoms with E-state index in [0.717, 1.165) is 5.56 Å². The van der Waals surface area contributed by atoms with Gasteiger partial charge >= 0.3 is 5.92 Å². The minimum atomic E-state index is -3.84. The standard InChI is InChI=1S/C15H19F2NO3/c1-10-4-2-5-11(8-10)12(19)9-18-13(20)15(16,17)14(21)6-3-7-14/h2,4-5,8,12,19,21H,3,6-7,9H2,1H3,(H,18,20). The number of aliphatic hydroxyl groups is 2. The van der Waals surface area contributed by atoms with Gasteiger partial charge in [-0.25, -0.2) is 0 Å². The van der Waals surface area contributed by atoms with Gasteiger partial charge < -0.3 is 15.5 Å². The fraction of sp³-hybridized carbons (Fsp3) is 0.533. The fourth-order valence-corrected chi connectivity index (χ4v) is 2.33. The summed E-state index contributed by atoms with van der Waals surface area (Å²) in [6.45, 7) is 1.52. The summed E-state index contributed by atoms with van der Waals surface area (Å²) in [5, 5.41) is 21.6. The zero-order valence-corrected chi connectivity index (χ0v) is 11.8. The molecular weight excluding hydrogens is 280 g/mol. The molecule has 1 amide bonds. The molecule has 1 fully saturated rings. The summed E-state index contributed by atoms with van der Waals surface area (Å²) < 4.78 is 27.6. The highest BCUT2D eigenvalue weighted by Gasteiger charge is 2.61. The molecule has 2 rings (SSSR count). The number of carbonyl (C=O) groups excluding carboxylic acids is 1. The van der Waals surface area contributed by atoms with Crippen molar-refractivity contribution in [1.29, 1.82) is 0 Å². The molecule has 3 N–H and O–H groups in total. The number of halogens is 2. The van der Waals surface area contributed by atoms with Gasteiger partial charge in [0.15, 0.2) is 0 Å². The predicted molar refractivity (Wildman–Crippen MR) is 72.9 cm³/mol. The lowest BCUT2D eigenvalue weighted by molar-refractivity contribution is -0.216. The molecule has 1 aliphatic rings. The molecule has 0 aromatic heterocycles. The highest BCUT2D eigenvalue weighted by atomic mass is 19.3. The second-order valence-corrected chi connectivity index (χ2v) is 5.60. The van der Waals surface area contributed by atoms with Crippen molar-refractivity contribution in [1.82, 2.24) is 5.32 Å². The summed E-state index contributed by atoms with van der Waals surface area (Å²) in [4.78, 5) is 11.6. The lowest BCUT2D eigenvalue weighted by atomic mass is 9.75. The average molecular weight is 299 g/mol. The Labute approximate surface area is 121 Å². The second kappa shape index (κ2) is 5.69. The first kappa shape index (κ1) is 15.9. The van der Waals surface area contributed by atoms with Gasteiger partial charge in [0.1, 0.15) is 5.60 Å². The van der Waals surface area contributed by atoms with Crippen LogP contribution in [0.4, 0.5) is 8.78 Å². The molecule has 1 aromatic carbocycles. The molecule has 0 radical (unpaired) electrons. The molecule has 21 heavy (non-hydrogen) atoms. The predicted octanol–water partition coefficient (Wildman–Crippen LogP) is 1.69. The van der Waals surface area contributed by atoms with Gasteiger partial charge in [-0.15, -0.1) is 0 Å². The molecule has 1 saturated carbocycles. The molecule has 0 spiro atoms. The van der Waals surface area contributed by atoms with Crippen molar-refractivity contribution in [3.05, 3.63) is 35.4 Å². The van der Waals surface area contributed by atoms with Gasteiger partial charge in [-0.1, -0.05) is 29.8 Å². The highest BCUT2D eigenvalue weighted by Crippen LogP contribution is 2.44. The minimum Gasteiger partial charge on any atom is -0.387 e. The Bertz CT molecular complexity index is 529. The summed E-state index contributed by atoms with van der Waals surface area (Å²) >= 11 is 0. The van der Waals surface area contributed by atoms with E-state index in [2.05, 4.69) is 0 Å². The van der Waals surface area contributed by atoms with Crippen LogP contribution in [0.1, 0.15) is 36.5 Å². The van der Waals surface area contributed by atoms with E-state index >= 15 is 0 Å². The first-order chi connectivity index (χ1) is 9.76. The van der Waals surface area contributed by atoms with Crippen LogP contribution >= 0.6 is 0 Å². The first-order valence-corrected chi connectivity index (χ1v) is 6.89. The van der Waals surface area contributed by atoms with E-state index < -0.39 is 23.5 Å². The fourth-order valence-electron chi connectivity index (χ4n) is 2.33. The molecule has 1 aliphatic carbocycles. The lowest BCUT2D eigenvalue weighted by Gasteiger charge is -2.41. The van der Waals surface area contributed by atoms with E-state index in [1.807, 2.05) is 18.3 Å². The Balaban J connectivity index is 1.94. The first-order valence-electron chi connectivity index (χ1n) is 6.89. The lowest BCUT2D eigenvalue weighted by Crippen LogP contribution is -2.60. The number of nitrogens with one attached hydrogen (secondary N) is 1. The molecule has 0 aliphatic heterocycles. The average Bonchev–Trinajstić information content (AvgIpc) is 2.41. The minimum absolute atomic E-state index is 0.0894. The molecule has 0 bridgehead atoms. The third-order valence-corrected chi connectivity index (χ3v) is 3.93. The number of benzene rings is 1. The smallest absolute Gasteiger partial charge is 0.352 e. The molecular formula is C15H19F2NO3. The Morgan fingerprint density at radius 1 is 1.48 bits per heavy atom. The Kier molecular flexibility index (Phi) is 4.30. The number of aliphatic hydroxyl groups excluding tert-OH is 1. The van der Waals surface area contributed by atoms with Crippen LogP contribution in [0.3, 0.4) is 0 Å². The summed E-state index contributed by atoms with van der Waals surface area (Å²) in [6, 6.07) is 6.95. The molecule has 1 atom stereocenters. The van der Waals surface area contributed by atoms with Crippen LogP contribution in [0.2, 0.25) is 0 Å². The maximum absolute atomic E-state index is 13.8. The third kappa shape index (κ3) is 3.06. The summed E-state index contributed by atoms with van der Waals surface area (Å²) in [5.74, 6) is -5.38. The van der Waals surface area contributed by atoms with Crippen molar-refractivity contribution in [3.63, 3.8) is 0 Å². The molecule has 116 valence electrons. The topological polar surface area (TPSA) is 69.6 Å². The van der Waals surface area contributed by atoms with Crippen LogP contribution < -0.4 is 5.32 Å². The number of amides is 1. The van der Waals surface area contributed by atoms with Gasteiger partial charge in [-0.3, -0.25) is 4.79 Å². The summed E-state index contributed by atoms with van der Waals surface area (Å²) in [5.41, 5.74) is -0.779. The molecule has 4 nitrogen and oxygen atoms in total. The molecule has 0 saturated heterocycles. The van der Waals surface area contributed by atoms with Gasteiger partial charge in [-0.05, 0) is 31.7 Å². The number of alkyl halides is 2. The second-order valence-electron chi connectivity index (χ2n) is 5.60. The van der Waals surface area contributed by atoms with E-state index in [4.69, 9.17) is 0 Å². The van der Waals surface area contributed by atoms with Gasteiger partial charge in [0, 0.05) is 6.54 Å². The van der Waals surface area contributed by atoms with E-state index in [1.165, 1.54) is 0 Å². The third-order valence-electron chi connectivity index (χ3n) is 3.93. The van der Waals surface area contributed by atoms with Crippen LogP contribution in [0, 0.1) is 6.92 Å². The quantitative estimate of drug-likeness (QED) is 0.775. The summed E-state index contributed by atoms with van der Waals surface area (Å²) in [7, 11) is 0. The van der Waals surface area contributed by atoms with Crippen molar-refractivity contribution in [2.75, 3.05) is 6.54 Å². The normalized spacial score (nSPS) is 18.7. The SMILES string of the molecule is Cc1cccc(C(O)CNC(=O)C(F)(F)C2(O)CCC2)c1. The zero-order chi connectivity index (χ0) is 15.7. The summed E-state index contributed by atoms with van der Waals surface area (Å²) in [6.07, 6.45) is -0.770. The van der Waals surface area contributed by atoms with Gasteiger partial charge in [0.25, 0.3) is 5.91 Å². The number of rotatable bonds is 5. The van der Waals surface area contributed by atoms with E-state index in [0.29, 0.717) is 12.0 Å². The van der Waals surface area contributed by atoms with Crippen molar-refractivity contribution in [3.8, 4) is 0 Å². The number of carbonyl (C=O) groups is 1. The Hall–Kier alpha value is -1.53. The van der Waals surface area contributed by atoms with Crippen LogP contribution in [0.25, 0.3) is 0 Å². The van der Waals surface area contributed by atoms with Crippen molar-refractivity contribution in [2.45, 2.75) is 43.8 Å². The van der Waals surface area contributed by atoms with Crippen LogP contribution in [-0.4, -0.2) is 34.2 Å².